The summed E-state index contributed by atoms with van der Waals surface area (Å²) in [5.74, 6) is 2.53. The fourth-order valence-electron chi connectivity index (χ4n) is 2.24. The van der Waals surface area contributed by atoms with E-state index in [1.807, 2.05) is 0 Å². The number of hydrogen-bond donors (Lipinski definition) is 1. The maximum atomic E-state index is 5.68. The van der Waals surface area contributed by atoms with E-state index >= 15 is 0 Å². The summed E-state index contributed by atoms with van der Waals surface area (Å²) in [6.07, 6.45) is 1.03. The smallest absolute Gasteiger partial charge is 0.125 e. The van der Waals surface area contributed by atoms with Crippen molar-refractivity contribution in [3.63, 3.8) is 0 Å². The number of rotatable bonds is 4. The number of thiol groups is 1. The summed E-state index contributed by atoms with van der Waals surface area (Å²) in [7, 11) is 1.77. The van der Waals surface area contributed by atoms with E-state index < -0.39 is 0 Å². The van der Waals surface area contributed by atoms with E-state index in [9.17, 15) is 0 Å². The van der Waals surface area contributed by atoms with Gasteiger partial charge in [0.2, 0.25) is 0 Å². The molecule has 1 unspecified atom stereocenters. The Kier molecular flexibility index (Phi) is 5.15. The number of benzene rings is 1. The minimum atomic E-state index is 0.107. The molecule has 1 nitrogen and oxygen atoms in total. The molecule has 1 aromatic carbocycles. The van der Waals surface area contributed by atoms with Gasteiger partial charge in [0.25, 0.3) is 0 Å². The fraction of sp³-hybridized carbons (Fsp3) is 0.625. The van der Waals surface area contributed by atoms with E-state index in [0.29, 0.717) is 5.92 Å². The highest BCUT2D eigenvalue weighted by Crippen LogP contribution is 2.36. The van der Waals surface area contributed by atoms with Crippen molar-refractivity contribution in [2.75, 3.05) is 12.9 Å². The Hall–Kier alpha value is -0.630. The summed E-state index contributed by atoms with van der Waals surface area (Å²) in [4.78, 5) is 0. The standard InChI is InChI=1S/C16H26OS/c1-11-7-13(8-12(2)10-18)15(17-6)14(9-11)16(3,4)5/h7,9,12,18H,8,10H2,1-6H3. The van der Waals surface area contributed by atoms with Crippen molar-refractivity contribution in [1.82, 2.24) is 0 Å². The van der Waals surface area contributed by atoms with Gasteiger partial charge in [-0.05, 0) is 36.0 Å². The van der Waals surface area contributed by atoms with Crippen LogP contribution < -0.4 is 4.74 Å². The van der Waals surface area contributed by atoms with Gasteiger partial charge in [-0.15, -0.1) is 0 Å². The SMILES string of the molecule is COc1c(CC(C)CS)cc(C)cc1C(C)(C)C. The van der Waals surface area contributed by atoms with Gasteiger partial charge in [0.15, 0.2) is 0 Å². The molecule has 0 aliphatic heterocycles. The van der Waals surface area contributed by atoms with Crippen molar-refractivity contribution in [2.45, 2.75) is 46.5 Å². The first-order valence-corrected chi connectivity index (χ1v) is 7.21. The second kappa shape index (κ2) is 6.01. The van der Waals surface area contributed by atoms with Crippen molar-refractivity contribution in [2.24, 2.45) is 5.92 Å². The molecular weight excluding hydrogens is 240 g/mol. The lowest BCUT2D eigenvalue weighted by Crippen LogP contribution is -2.15. The van der Waals surface area contributed by atoms with Crippen LogP contribution in [0.25, 0.3) is 0 Å². The molecule has 18 heavy (non-hydrogen) atoms. The molecule has 1 atom stereocenters. The lowest BCUT2D eigenvalue weighted by Gasteiger charge is -2.25. The second-order valence-corrected chi connectivity index (χ2v) is 6.61. The van der Waals surface area contributed by atoms with E-state index in [0.717, 1.165) is 17.9 Å². The van der Waals surface area contributed by atoms with Crippen LogP contribution in [0.4, 0.5) is 0 Å². The first-order chi connectivity index (χ1) is 8.29. The summed E-state index contributed by atoms with van der Waals surface area (Å²) in [6.45, 7) is 11.1. The Labute approximate surface area is 117 Å². The summed E-state index contributed by atoms with van der Waals surface area (Å²) < 4.78 is 5.68. The first kappa shape index (κ1) is 15.4. The molecule has 0 N–H and O–H groups in total. The van der Waals surface area contributed by atoms with Gasteiger partial charge in [0, 0.05) is 5.56 Å². The number of methoxy groups -OCH3 is 1. The van der Waals surface area contributed by atoms with Gasteiger partial charge in [-0.3, -0.25) is 0 Å². The normalized spacial score (nSPS) is 13.5. The third-order valence-electron chi connectivity index (χ3n) is 3.20. The third kappa shape index (κ3) is 3.68. The highest BCUT2D eigenvalue weighted by atomic mass is 32.1. The molecule has 0 aliphatic rings. The van der Waals surface area contributed by atoms with E-state index in [-0.39, 0.29) is 5.41 Å². The molecule has 1 rings (SSSR count). The summed E-state index contributed by atoms with van der Waals surface area (Å²) in [5.41, 5.74) is 4.02. The highest BCUT2D eigenvalue weighted by Gasteiger charge is 2.22. The molecule has 0 bridgehead atoms. The van der Waals surface area contributed by atoms with E-state index in [1.165, 1.54) is 16.7 Å². The van der Waals surface area contributed by atoms with Crippen LogP contribution in [0.1, 0.15) is 44.4 Å². The second-order valence-electron chi connectivity index (χ2n) is 6.25. The highest BCUT2D eigenvalue weighted by molar-refractivity contribution is 7.80. The van der Waals surface area contributed by atoms with E-state index in [2.05, 4.69) is 59.4 Å². The van der Waals surface area contributed by atoms with Crippen LogP contribution in [0.15, 0.2) is 12.1 Å². The van der Waals surface area contributed by atoms with Gasteiger partial charge in [-0.1, -0.05) is 45.4 Å². The van der Waals surface area contributed by atoms with Crippen LogP contribution >= 0.6 is 12.6 Å². The molecule has 0 fully saturated rings. The van der Waals surface area contributed by atoms with Crippen LogP contribution in [0, 0.1) is 12.8 Å². The zero-order valence-corrected chi connectivity index (χ0v) is 13.4. The van der Waals surface area contributed by atoms with Crippen molar-refractivity contribution in [1.29, 1.82) is 0 Å². The van der Waals surface area contributed by atoms with Gasteiger partial charge in [0.1, 0.15) is 5.75 Å². The third-order valence-corrected chi connectivity index (χ3v) is 3.83. The van der Waals surface area contributed by atoms with Gasteiger partial charge in [0.05, 0.1) is 7.11 Å². The molecule has 102 valence electrons. The van der Waals surface area contributed by atoms with Crippen LogP contribution in [-0.2, 0) is 11.8 Å². The first-order valence-electron chi connectivity index (χ1n) is 6.58. The molecule has 0 aromatic heterocycles. The molecule has 2 heteroatoms. The van der Waals surface area contributed by atoms with Crippen molar-refractivity contribution in [3.05, 3.63) is 28.8 Å². The van der Waals surface area contributed by atoms with Crippen molar-refractivity contribution in [3.8, 4) is 5.75 Å². The summed E-state index contributed by atoms with van der Waals surface area (Å²) in [6, 6.07) is 4.49. The number of aryl methyl sites for hydroxylation is 1. The van der Waals surface area contributed by atoms with Crippen LogP contribution in [0.5, 0.6) is 5.75 Å². The van der Waals surface area contributed by atoms with E-state index in [4.69, 9.17) is 4.74 Å². The minimum Gasteiger partial charge on any atom is -0.496 e. The lowest BCUT2D eigenvalue weighted by atomic mass is 9.83. The summed E-state index contributed by atoms with van der Waals surface area (Å²) in [5, 5.41) is 0. The molecule has 0 spiro atoms. The summed E-state index contributed by atoms with van der Waals surface area (Å²) >= 11 is 4.38. The molecular formula is C16H26OS. The largest absolute Gasteiger partial charge is 0.496 e. The number of hydrogen-bond acceptors (Lipinski definition) is 2. The van der Waals surface area contributed by atoms with Gasteiger partial charge in [-0.2, -0.15) is 12.6 Å². The average Bonchev–Trinajstić information content (AvgIpc) is 2.27. The lowest BCUT2D eigenvalue weighted by molar-refractivity contribution is 0.390. The molecule has 0 saturated heterocycles. The fourth-order valence-corrected chi connectivity index (χ4v) is 2.37. The Bertz CT molecular complexity index is 404. The van der Waals surface area contributed by atoms with Crippen LogP contribution in [0.2, 0.25) is 0 Å². The minimum absolute atomic E-state index is 0.107. The van der Waals surface area contributed by atoms with Gasteiger partial charge in [-0.25, -0.2) is 0 Å². The molecule has 0 radical (unpaired) electrons. The average molecular weight is 266 g/mol. The molecule has 1 aromatic rings. The zero-order chi connectivity index (χ0) is 13.9. The van der Waals surface area contributed by atoms with Crippen molar-refractivity contribution >= 4 is 12.6 Å². The predicted octanol–water partition coefficient (Wildman–Crippen LogP) is 4.41. The van der Waals surface area contributed by atoms with Gasteiger partial charge >= 0.3 is 0 Å². The monoisotopic (exact) mass is 266 g/mol. The van der Waals surface area contributed by atoms with Crippen molar-refractivity contribution < 1.29 is 4.74 Å². The molecule has 0 saturated carbocycles. The van der Waals surface area contributed by atoms with E-state index in [1.54, 1.807) is 7.11 Å². The number of ether oxygens (including phenoxy) is 1. The van der Waals surface area contributed by atoms with Crippen LogP contribution in [-0.4, -0.2) is 12.9 Å². The van der Waals surface area contributed by atoms with Crippen LogP contribution in [0.3, 0.4) is 0 Å². The quantitative estimate of drug-likeness (QED) is 0.794. The molecule has 0 amide bonds. The Balaban J connectivity index is 3.29. The maximum absolute atomic E-state index is 5.68. The zero-order valence-electron chi connectivity index (χ0n) is 12.5. The van der Waals surface area contributed by atoms with Gasteiger partial charge < -0.3 is 4.74 Å². The topological polar surface area (TPSA) is 9.23 Å². The molecule has 0 aliphatic carbocycles. The Morgan fingerprint density at radius 2 is 1.89 bits per heavy atom. The molecule has 0 heterocycles. The predicted molar refractivity (Wildman–Crippen MR) is 83.2 cm³/mol. The maximum Gasteiger partial charge on any atom is 0.125 e. The Morgan fingerprint density at radius 3 is 2.33 bits per heavy atom. The Morgan fingerprint density at radius 1 is 1.28 bits per heavy atom.